The molecule has 7 heteroatoms. The molecule has 1 N–H and O–H groups in total. The molecule has 1 fully saturated rings. The lowest BCUT2D eigenvalue weighted by Crippen LogP contribution is -2.29. The van der Waals surface area contributed by atoms with E-state index in [0.717, 1.165) is 21.1 Å². The highest BCUT2D eigenvalue weighted by Crippen LogP contribution is 2.26. The van der Waals surface area contributed by atoms with Crippen LogP contribution >= 0.6 is 0 Å². The first-order chi connectivity index (χ1) is 11.8. The van der Waals surface area contributed by atoms with E-state index < -0.39 is 15.9 Å². The number of carbonyl (C=O) groups excluding carboxylic acids is 2. The van der Waals surface area contributed by atoms with Crippen molar-refractivity contribution in [2.24, 2.45) is 0 Å². The van der Waals surface area contributed by atoms with Gasteiger partial charge in [-0.2, -0.15) is 0 Å². The van der Waals surface area contributed by atoms with E-state index >= 15 is 0 Å². The van der Waals surface area contributed by atoms with Crippen molar-refractivity contribution in [3.05, 3.63) is 59.2 Å². The van der Waals surface area contributed by atoms with Gasteiger partial charge in [-0.05, 0) is 43.2 Å². The number of sulfonamides is 1. The molecule has 1 heterocycles. The van der Waals surface area contributed by atoms with Gasteiger partial charge < -0.3 is 5.32 Å². The topological polar surface area (TPSA) is 83.6 Å². The minimum absolute atomic E-state index is 0.0405. The van der Waals surface area contributed by atoms with E-state index in [-0.39, 0.29) is 29.3 Å². The van der Waals surface area contributed by atoms with Gasteiger partial charge in [0.1, 0.15) is 0 Å². The van der Waals surface area contributed by atoms with Crippen LogP contribution in [0.4, 0.5) is 11.4 Å². The van der Waals surface area contributed by atoms with Crippen molar-refractivity contribution in [2.75, 3.05) is 15.4 Å². The fraction of sp³-hybridized carbons (Fsp3) is 0.222. The molecule has 25 heavy (non-hydrogen) atoms. The quantitative estimate of drug-likeness (QED) is 0.914. The van der Waals surface area contributed by atoms with E-state index in [1.54, 1.807) is 12.1 Å². The molecular formula is C18H18N2O4S. The molecule has 2 aromatic carbocycles. The van der Waals surface area contributed by atoms with Crippen LogP contribution in [0, 0.1) is 13.8 Å². The lowest BCUT2D eigenvalue weighted by molar-refractivity contribution is -0.116. The average molecular weight is 358 g/mol. The van der Waals surface area contributed by atoms with E-state index in [1.807, 2.05) is 32.0 Å². The second-order valence-electron chi connectivity index (χ2n) is 6.00. The van der Waals surface area contributed by atoms with Crippen LogP contribution in [0.3, 0.4) is 0 Å². The summed E-state index contributed by atoms with van der Waals surface area (Å²) in [5, 5.41) is 2.85. The zero-order chi connectivity index (χ0) is 18.2. The predicted molar refractivity (Wildman–Crippen MR) is 96.2 cm³/mol. The van der Waals surface area contributed by atoms with Gasteiger partial charge in [0.2, 0.25) is 15.9 Å². The van der Waals surface area contributed by atoms with Gasteiger partial charge in [-0.15, -0.1) is 0 Å². The molecule has 0 spiro atoms. The maximum atomic E-state index is 12.6. The normalized spacial score (nSPS) is 16.1. The summed E-state index contributed by atoms with van der Waals surface area (Å²) in [6.07, 6.45) is -0.0405. The van der Waals surface area contributed by atoms with Crippen LogP contribution in [0.15, 0.2) is 42.5 Å². The number of amides is 2. The number of para-hydroxylation sites is 1. The van der Waals surface area contributed by atoms with E-state index in [1.165, 1.54) is 12.1 Å². The molecule has 2 aromatic rings. The molecule has 0 unspecified atom stereocenters. The highest BCUT2D eigenvalue weighted by Gasteiger charge is 2.36. The third-order valence-corrected chi connectivity index (χ3v) is 5.83. The van der Waals surface area contributed by atoms with Gasteiger partial charge in [0, 0.05) is 17.7 Å². The van der Waals surface area contributed by atoms with E-state index in [2.05, 4.69) is 5.32 Å². The summed E-state index contributed by atoms with van der Waals surface area (Å²) in [6.45, 7) is 3.79. The number of carbonyl (C=O) groups is 2. The highest BCUT2D eigenvalue weighted by molar-refractivity contribution is 7.94. The summed E-state index contributed by atoms with van der Waals surface area (Å²) in [4.78, 5) is 24.5. The van der Waals surface area contributed by atoms with Crippen molar-refractivity contribution >= 4 is 33.2 Å². The van der Waals surface area contributed by atoms with Crippen molar-refractivity contribution in [1.29, 1.82) is 0 Å². The molecule has 3 rings (SSSR count). The number of rotatable bonds is 3. The van der Waals surface area contributed by atoms with Crippen LogP contribution in [-0.4, -0.2) is 26.0 Å². The second kappa shape index (κ2) is 6.33. The summed E-state index contributed by atoms with van der Waals surface area (Å²) < 4.78 is 24.9. The Morgan fingerprint density at radius 3 is 2.32 bits per heavy atom. The van der Waals surface area contributed by atoms with Crippen molar-refractivity contribution in [3.63, 3.8) is 0 Å². The molecule has 0 saturated carbocycles. The van der Waals surface area contributed by atoms with Gasteiger partial charge >= 0.3 is 0 Å². The predicted octanol–water partition coefficient (Wildman–Crippen LogP) is 2.62. The van der Waals surface area contributed by atoms with E-state index in [9.17, 15) is 18.0 Å². The molecule has 0 aromatic heterocycles. The van der Waals surface area contributed by atoms with Gasteiger partial charge in [0.15, 0.2) is 0 Å². The van der Waals surface area contributed by atoms with Gasteiger partial charge in [-0.25, -0.2) is 12.7 Å². The van der Waals surface area contributed by atoms with Gasteiger partial charge in [0.25, 0.3) is 5.91 Å². The van der Waals surface area contributed by atoms with Gasteiger partial charge in [-0.1, -0.05) is 24.3 Å². The lowest BCUT2D eigenvalue weighted by Gasteiger charge is -2.16. The maximum absolute atomic E-state index is 12.6. The molecule has 1 saturated heterocycles. The van der Waals surface area contributed by atoms with Gasteiger partial charge in [-0.3, -0.25) is 9.59 Å². The number of aryl methyl sites for hydroxylation is 2. The molecule has 0 aliphatic carbocycles. The summed E-state index contributed by atoms with van der Waals surface area (Å²) in [6, 6.07) is 11.8. The number of hydrogen-bond acceptors (Lipinski definition) is 4. The van der Waals surface area contributed by atoms with Crippen molar-refractivity contribution in [1.82, 2.24) is 0 Å². The van der Waals surface area contributed by atoms with E-state index in [0.29, 0.717) is 0 Å². The molecule has 0 atom stereocenters. The molecule has 0 bridgehead atoms. The second-order valence-corrected chi connectivity index (χ2v) is 7.93. The lowest BCUT2D eigenvalue weighted by atomic mass is 10.1. The van der Waals surface area contributed by atoms with Crippen LogP contribution in [0.1, 0.15) is 27.9 Å². The third kappa shape index (κ3) is 3.28. The first-order valence-electron chi connectivity index (χ1n) is 7.83. The molecule has 6 nitrogen and oxygen atoms in total. The van der Waals surface area contributed by atoms with Crippen LogP contribution < -0.4 is 9.62 Å². The Morgan fingerprint density at radius 1 is 1.08 bits per heavy atom. The van der Waals surface area contributed by atoms with Gasteiger partial charge in [0.05, 0.1) is 11.4 Å². The highest BCUT2D eigenvalue weighted by atomic mass is 32.2. The van der Waals surface area contributed by atoms with Crippen LogP contribution in [0.25, 0.3) is 0 Å². The number of nitrogens with zero attached hydrogens (tertiary/aromatic N) is 1. The first-order valence-corrected chi connectivity index (χ1v) is 9.44. The van der Waals surface area contributed by atoms with Crippen molar-refractivity contribution in [3.8, 4) is 0 Å². The molecule has 2 amide bonds. The summed E-state index contributed by atoms with van der Waals surface area (Å²) in [5.74, 6) is -1.04. The molecular weight excluding hydrogens is 340 g/mol. The molecule has 0 radical (unpaired) electrons. The Kier molecular flexibility index (Phi) is 4.34. The SMILES string of the molecule is Cc1cccc(C)c1NC(=O)c1cccc(N2C(=O)CCS2(=O)=O)c1. The Hall–Kier alpha value is -2.67. The summed E-state index contributed by atoms with van der Waals surface area (Å²) in [7, 11) is -3.65. The number of hydrogen-bond donors (Lipinski definition) is 1. The van der Waals surface area contributed by atoms with Crippen LogP contribution in [-0.2, 0) is 14.8 Å². The monoisotopic (exact) mass is 358 g/mol. The smallest absolute Gasteiger partial charge is 0.255 e. The fourth-order valence-corrected chi connectivity index (χ4v) is 4.29. The minimum Gasteiger partial charge on any atom is -0.322 e. The van der Waals surface area contributed by atoms with Crippen LogP contribution in [0.2, 0.25) is 0 Å². The largest absolute Gasteiger partial charge is 0.322 e. The number of benzene rings is 2. The molecule has 130 valence electrons. The summed E-state index contributed by atoms with van der Waals surface area (Å²) in [5.41, 5.74) is 3.07. The van der Waals surface area contributed by atoms with E-state index in [4.69, 9.17) is 0 Å². The zero-order valence-corrected chi connectivity index (χ0v) is 14.8. The first kappa shape index (κ1) is 17.2. The Balaban J connectivity index is 1.92. The fourth-order valence-electron chi connectivity index (χ4n) is 2.84. The van der Waals surface area contributed by atoms with Crippen LogP contribution in [0.5, 0.6) is 0 Å². The number of anilines is 2. The Bertz CT molecular complexity index is 947. The standard InChI is InChI=1S/C18H18N2O4S/c1-12-5-3-6-13(2)17(12)19-18(22)14-7-4-8-15(11-14)20-16(21)9-10-25(20,23)24/h3-8,11H,9-10H2,1-2H3,(H,19,22). The molecule has 1 aliphatic rings. The third-order valence-electron chi connectivity index (χ3n) is 4.14. The van der Waals surface area contributed by atoms with Crippen molar-refractivity contribution in [2.45, 2.75) is 20.3 Å². The van der Waals surface area contributed by atoms with Crippen molar-refractivity contribution < 1.29 is 18.0 Å². The molecule has 1 aliphatic heterocycles. The number of nitrogens with one attached hydrogen (secondary N) is 1. The average Bonchev–Trinajstić information content (AvgIpc) is 2.84. The Labute approximate surface area is 146 Å². The summed E-state index contributed by atoms with van der Waals surface area (Å²) >= 11 is 0. The Morgan fingerprint density at radius 2 is 1.72 bits per heavy atom. The minimum atomic E-state index is -3.65. The zero-order valence-electron chi connectivity index (χ0n) is 13.9. The maximum Gasteiger partial charge on any atom is 0.255 e.